The molecule has 0 bridgehead atoms. The second-order valence-corrected chi connectivity index (χ2v) is 5.93. The zero-order valence-corrected chi connectivity index (χ0v) is 14.1. The number of likely N-dealkylation sites (N-methyl/N-ethyl adjacent to an activating group) is 1. The fourth-order valence-corrected chi connectivity index (χ4v) is 2.42. The smallest absolute Gasteiger partial charge is 0.246 e. The summed E-state index contributed by atoms with van der Waals surface area (Å²) in [5, 5.41) is 3.97. The van der Waals surface area contributed by atoms with E-state index in [-0.39, 0.29) is 24.7 Å². The van der Waals surface area contributed by atoms with Crippen LogP contribution in [-0.4, -0.2) is 28.0 Å². The summed E-state index contributed by atoms with van der Waals surface area (Å²) in [5.74, 6) is 0.436. The zero-order chi connectivity index (χ0) is 17.8. The van der Waals surface area contributed by atoms with Crippen LogP contribution in [0.15, 0.2) is 53.1 Å². The van der Waals surface area contributed by atoms with Crippen molar-refractivity contribution in [2.45, 2.75) is 19.9 Å². The minimum atomic E-state index is -0.320. The van der Waals surface area contributed by atoms with Gasteiger partial charge < -0.3 is 9.42 Å². The first-order valence-electron chi connectivity index (χ1n) is 7.89. The van der Waals surface area contributed by atoms with Gasteiger partial charge in [-0.25, -0.2) is 4.39 Å². The molecule has 0 N–H and O–H groups in total. The number of rotatable bonds is 5. The Morgan fingerprint density at radius 1 is 1.20 bits per heavy atom. The molecule has 6 heteroatoms. The van der Waals surface area contributed by atoms with E-state index >= 15 is 0 Å². The number of nitrogens with zero attached hydrogens (tertiary/aromatic N) is 3. The first-order chi connectivity index (χ1) is 12.0. The molecule has 0 fully saturated rings. The first kappa shape index (κ1) is 16.8. The van der Waals surface area contributed by atoms with E-state index in [1.165, 1.54) is 17.0 Å². The third-order valence-electron chi connectivity index (χ3n) is 3.81. The molecule has 2 aromatic carbocycles. The number of halogens is 1. The molecule has 0 unspecified atom stereocenters. The third-order valence-corrected chi connectivity index (χ3v) is 3.81. The van der Waals surface area contributed by atoms with Gasteiger partial charge in [-0.05, 0) is 30.7 Å². The number of carbonyl (C=O) groups excluding carboxylic acids is 1. The predicted octanol–water partition coefficient (Wildman–Crippen LogP) is 3.39. The van der Waals surface area contributed by atoms with Gasteiger partial charge in [0.25, 0.3) is 0 Å². The zero-order valence-electron chi connectivity index (χ0n) is 14.1. The summed E-state index contributed by atoms with van der Waals surface area (Å²) in [7, 11) is 1.67. The monoisotopic (exact) mass is 339 g/mol. The van der Waals surface area contributed by atoms with Crippen molar-refractivity contribution < 1.29 is 13.7 Å². The van der Waals surface area contributed by atoms with Crippen LogP contribution in [0.25, 0.3) is 11.4 Å². The van der Waals surface area contributed by atoms with Gasteiger partial charge in [0, 0.05) is 12.6 Å². The van der Waals surface area contributed by atoms with Crippen molar-refractivity contribution in [1.29, 1.82) is 0 Å². The topological polar surface area (TPSA) is 59.2 Å². The van der Waals surface area contributed by atoms with Crippen LogP contribution >= 0.6 is 0 Å². The molecule has 1 amide bonds. The highest BCUT2D eigenvalue weighted by Crippen LogP contribution is 2.17. The van der Waals surface area contributed by atoms with Gasteiger partial charge in [0.15, 0.2) is 0 Å². The van der Waals surface area contributed by atoms with E-state index < -0.39 is 0 Å². The Hall–Kier alpha value is -3.02. The quantitative estimate of drug-likeness (QED) is 0.715. The molecule has 3 aromatic rings. The van der Waals surface area contributed by atoms with Gasteiger partial charge >= 0.3 is 0 Å². The summed E-state index contributed by atoms with van der Waals surface area (Å²) < 4.78 is 18.2. The maximum Gasteiger partial charge on any atom is 0.246 e. The highest BCUT2D eigenvalue weighted by atomic mass is 19.1. The predicted molar refractivity (Wildman–Crippen MR) is 91.0 cm³/mol. The maximum atomic E-state index is 12.9. The molecule has 1 heterocycles. The number of benzene rings is 2. The van der Waals surface area contributed by atoms with Crippen molar-refractivity contribution in [3.8, 4) is 11.4 Å². The van der Waals surface area contributed by atoms with Crippen molar-refractivity contribution in [1.82, 2.24) is 15.0 Å². The lowest BCUT2D eigenvalue weighted by atomic mass is 10.1. The summed E-state index contributed by atoms with van der Waals surface area (Å²) in [5.41, 5.74) is 2.73. The van der Waals surface area contributed by atoms with Crippen LogP contribution in [-0.2, 0) is 17.8 Å². The summed E-state index contributed by atoms with van der Waals surface area (Å²) in [6.07, 6.45) is 0.190. The lowest BCUT2D eigenvalue weighted by Crippen LogP contribution is -2.27. The second-order valence-electron chi connectivity index (χ2n) is 5.93. The van der Waals surface area contributed by atoms with Crippen LogP contribution in [0.2, 0.25) is 0 Å². The lowest BCUT2D eigenvalue weighted by Gasteiger charge is -2.14. The van der Waals surface area contributed by atoms with Crippen molar-refractivity contribution in [3.05, 3.63) is 71.4 Å². The average Bonchev–Trinajstić information content (AvgIpc) is 3.05. The normalized spacial score (nSPS) is 10.7. The molecule has 0 saturated carbocycles. The maximum absolute atomic E-state index is 12.9. The van der Waals surface area contributed by atoms with Crippen LogP contribution in [0, 0.1) is 12.7 Å². The number of amides is 1. The Kier molecular flexibility index (Phi) is 4.88. The summed E-state index contributed by atoms with van der Waals surface area (Å²) >= 11 is 0. The molecule has 0 atom stereocenters. The van der Waals surface area contributed by atoms with Gasteiger partial charge in [0.1, 0.15) is 5.82 Å². The molecular formula is C19H18FN3O2. The average molecular weight is 339 g/mol. The van der Waals surface area contributed by atoms with Gasteiger partial charge in [-0.15, -0.1) is 0 Å². The van der Waals surface area contributed by atoms with E-state index in [9.17, 15) is 9.18 Å². The van der Waals surface area contributed by atoms with E-state index in [0.29, 0.717) is 11.7 Å². The summed E-state index contributed by atoms with van der Waals surface area (Å²) in [6, 6.07) is 13.7. The second kappa shape index (κ2) is 7.25. The molecule has 3 rings (SSSR count). The number of aromatic nitrogens is 2. The highest BCUT2D eigenvalue weighted by Gasteiger charge is 2.15. The van der Waals surface area contributed by atoms with Gasteiger partial charge in [0.2, 0.25) is 17.6 Å². The van der Waals surface area contributed by atoms with Gasteiger partial charge in [0.05, 0.1) is 13.0 Å². The SMILES string of the molecule is Cc1cccc(-c2noc(CN(C)C(=O)Cc3ccc(F)cc3)n2)c1. The Morgan fingerprint density at radius 3 is 2.68 bits per heavy atom. The minimum Gasteiger partial charge on any atom is -0.337 e. The number of hydrogen-bond acceptors (Lipinski definition) is 4. The third kappa shape index (κ3) is 4.29. The van der Waals surface area contributed by atoms with Gasteiger partial charge in [-0.1, -0.05) is 41.1 Å². The Labute approximate surface area is 145 Å². The number of hydrogen-bond donors (Lipinski definition) is 0. The number of aryl methyl sites for hydroxylation is 1. The Bertz CT molecular complexity index is 874. The molecule has 0 saturated heterocycles. The Morgan fingerprint density at radius 2 is 1.96 bits per heavy atom. The van der Waals surface area contributed by atoms with E-state index in [0.717, 1.165) is 16.7 Å². The van der Waals surface area contributed by atoms with E-state index in [1.807, 2.05) is 31.2 Å². The van der Waals surface area contributed by atoms with Crippen LogP contribution in [0.5, 0.6) is 0 Å². The molecule has 128 valence electrons. The molecule has 0 aliphatic carbocycles. The molecule has 0 spiro atoms. The fraction of sp³-hybridized carbons (Fsp3) is 0.211. The number of carbonyl (C=O) groups is 1. The largest absolute Gasteiger partial charge is 0.337 e. The van der Waals surface area contributed by atoms with Crippen LogP contribution in [0.3, 0.4) is 0 Å². The molecule has 5 nitrogen and oxygen atoms in total. The fourth-order valence-electron chi connectivity index (χ4n) is 2.42. The molecule has 0 radical (unpaired) electrons. The van der Waals surface area contributed by atoms with Crippen molar-refractivity contribution in [2.75, 3.05) is 7.05 Å². The summed E-state index contributed by atoms with van der Waals surface area (Å²) in [4.78, 5) is 18.1. The van der Waals surface area contributed by atoms with E-state index in [1.54, 1.807) is 19.2 Å². The highest BCUT2D eigenvalue weighted by molar-refractivity contribution is 5.78. The van der Waals surface area contributed by atoms with Crippen LogP contribution in [0.1, 0.15) is 17.0 Å². The first-order valence-corrected chi connectivity index (χ1v) is 7.89. The van der Waals surface area contributed by atoms with Crippen LogP contribution in [0.4, 0.5) is 4.39 Å². The summed E-state index contributed by atoms with van der Waals surface area (Å²) in [6.45, 7) is 2.21. The van der Waals surface area contributed by atoms with Gasteiger partial charge in [-0.3, -0.25) is 4.79 Å². The standard InChI is InChI=1S/C19H18FN3O2/c1-13-4-3-5-15(10-13)19-21-17(25-22-19)12-23(2)18(24)11-14-6-8-16(20)9-7-14/h3-10H,11-12H2,1-2H3. The Balaban J connectivity index is 1.64. The molecule has 1 aromatic heterocycles. The van der Waals surface area contributed by atoms with E-state index in [4.69, 9.17) is 4.52 Å². The van der Waals surface area contributed by atoms with Crippen molar-refractivity contribution >= 4 is 5.91 Å². The van der Waals surface area contributed by atoms with E-state index in [2.05, 4.69) is 10.1 Å². The van der Waals surface area contributed by atoms with Gasteiger partial charge in [-0.2, -0.15) is 4.98 Å². The molecule has 25 heavy (non-hydrogen) atoms. The molecule has 0 aliphatic heterocycles. The van der Waals surface area contributed by atoms with Crippen molar-refractivity contribution in [2.24, 2.45) is 0 Å². The minimum absolute atomic E-state index is 0.109. The molecule has 0 aliphatic rings. The van der Waals surface area contributed by atoms with Crippen LogP contribution < -0.4 is 0 Å². The van der Waals surface area contributed by atoms with Crippen molar-refractivity contribution in [3.63, 3.8) is 0 Å². The molecular weight excluding hydrogens is 321 g/mol. The lowest BCUT2D eigenvalue weighted by molar-refractivity contribution is -0.130.